The largest absolute Gasteiger partial charge is 0.339 e. The lowest BCUT2D eigenvalue weighted by Crippen LogP contribution is -2.39. The maximum Gasteiger partial charge on any atom is 0.224 e. The van der Waals surface area contributed by atoms with Crippen molar-refractivity contribution >= 4 is 33.0 Å². The standard InChI is InChI=1S/C24H35N3O3S/c1-19(2)27(21-11-7-6-8-12-21)22-16-14-20(15-17-22)26-23(28)13-9-10-18-25-31(29,30)24(3,4)5/h6-8,11-12,14-17,19,25H,9-10,13,18H2,1-5H3,(H,26,28). The van der Waals surface area contributed by atoms with Gasteiger partial charge in [-0.1, -0.05) is 18.2 Å². The summed E-state index contributed by atoms with van der Waals surface area (Å²) in [5, 5.41) is 2.91. The molecule has 0 fully saturated rings. The van der Waals surface area contributed by atoms with Crippen molar-refractivity contribution in [2.75, 3.05) is 16.8 Å². The van der Waals surface area contributed by atoms with Gasteiger partial charge in [-0.15, -0.1) is 0 Å². The number of para-hydroxylation sites is 1. The molecule has 2 N–H and O–H groups in total. The Morgan fingerprint density at radius 1 is 0.935 bits per heavy atom. The minimum Gasteiger partial charge on any atom is -0.339 e. The summed E-state index contributed by atoms with van der Waals surface area (Å²) in [7, 11) is -3.34. The first-order valence-corrected chi connectivity index (χ1v) is 12.2. The van der Waals surface area contributed by atoms with Gasteiger partial charge in [0.25, 0.3) is 0 Å². The number of anilines is 3. The third-order valence-electron chi connectivity index (χ3n) is 4.91. The van der Waals surface area contributed by atoms with Crippen molar-refractivity contribution in [1.29, 1.82) is 0 Å². The molecule has 2 aromatic carbocycles. The van der Waals surface area contributed by atoms with Crippen molar-refractivity contribution < 1.29 is 13.2 Å². The molecule has 0 aliphatic rings. The molecule has 170 valence electrons. The number of rotatable bonds is 10. The molecule has 0 heterocycles. The van der Waals surface area contributed by atoms with Crippen LogP contribution in [0.2, 0.25) is 0 Å². The highest BCUT2D eigenvalue weighted by Gasteiger charge is 2.27. The molecular formula is C24H35N3O3S. The summed E-state index contributed by atoms with van der Waals surface area (Å²) < 4.78 is 25.8. The first-order chi connectivity index (χ1) is 14.5. The molecule has 0 aliphatic carbocycles. The first kappa shape index (κ1) is 24.9. The molecule has 1 amide bonds. The van der Waals surface area contributed by atoms with Crippen molar-refractivity contribution in [1.82, 2.24) is 4.72 Å². The molecule has 6 nitrogen and oxygen atoms in total. The van der Waals surface area contributed by atoms with Crippen LogP contribution in [0.4, 0.5) is 17.1 Å². The molecule has 0 unspecified atom stereocenters. The van der Waals surface area contributed by atoms with Crippen LogP contribution < -0.4 is 14.9 Å². The van der Waals surface area contributed by atoms with E-state index in [4.69, 9.17) is 0 Å². The van der Waals surface area contributed by atoms with Crippen molar-refractivity contribution in [2.24, 2.45) is 0 Å². The molecule has 0 saturated carbocycles. The molecule has 0 saturated heterocycles. The number of carbonyl (C=O) groups is 1. The third kappa shape index (κ3) is 7.36. The smallest absolute Gasteiger partial charge is 0.224 e. The molecule has 0 atom stereocenters. The average Bonchev–Trinajstić information content (AvgIpc) is 2.69. The number of carbonyl (C=O) groups excluding carboxylic acids is 1. The van der Waals surface area contributed by atoms with Crippen molar-refractivity contribution in [3.05, 3.63) is 54.6 Å². The lowest BCUT2D eigenvalue weighted by molar-refractivity contribution is -0.116. The topological polar surface area (TPSA) is 78.5 Å². The Morgan fingerprint density at radius 3 is 2.06 bits per heavy atom. The second-order valence-electron chi connectivity index (χ2n) is 8.86. The Labute approximate surface area is 187 Å². The van der Waals surface area contributed by atoms with Gasteiger partial charge in [0.1, 0.15) is 0 Å². The number of nitrogens with zero attached hydrogens (tertiary/aromatic N) is 1. The van der Waals surface area contributed by atoms with E-state index in [1.807, 2.05) is 42.5 Å². The monoisotopic (exact) mass is 445 g/mol. The summed E-state index contributed by atoms with van der Waals surface area (Å²) in [6.07, 6.45) is 1.58. The van der Waals surface area contributed by atoms with E-state index in [0.717, 1.165) is 17.1 Å². The molecule has 7 heteroatoms. The molecule has 0 aromatic heterocycles. The molecule has 0 aliphatic heterocycles. The van der Waals surface area contributed by atoms with Gasteiger partial charge in [0, 0.05) is 36.1 Å². The molecule has 2 rings (SSSR count). The number of unbranched alkanes of at least 4 members (excludes halogenated alkanes) is 1. The lowest BCUT2D eigenvalue weighted by atomic mass is 10.1. The summed E-state index contributed by atoms with van der Waals surface area (Å²) in [5.41, 5.74) is 2.93. The number of hydrogen-bond donors (Lipinski definition) is 2. The van der Waals surface area contributed by atoms with E-state index in [1.54, 1.807) is 20.8 Å². The van der Waals surface area contributed by atoms with E-state index in [9.17, 15) is 13.2 Å². The first-order valence-electron chi connectivity index (χ1n) is 10.7. The number of benzene rings is 2. The minimum absolute atomic E-state index is 0.0739. The van der Waals surface area contributed by atoms with Gasteiger partial charge in [-0.3, -0.25) is 4.79 Å². The predicted octanol–water partition coefficient (Wildman–Crippen LogP) is 5.06. The molecule has 0 bridgehead atoms. The average molecular weight is 446 g/mol. The highest BCUT2D eigenvalue weighted by molar-refractivity contribution is 7.90. The Kier molecular flexibility index (Phi) is 8.65. The SMILES string of the molecule is CC(C)N(c1ccccc1)c1ccc(NC(=O)CCCCNS(=O)(=O)C(C)(C)C)cc1. The van der Waals surface area contributed by atoms with E-state index in [1.165, 1.54) is 0 Å². The second kappa shape index (κ2) is 10.8. The minimum atomic E-state index is -3.34. The van der Waals surface area contributed by atoms with E-state index in [2.05, 4.69) is 40.9 Å². The molecule has 0 spiro atoms. The summed E-state index contributed by atoms with van der Waals surface area (Å²) in [6.45, 7) is 9.61. The van der Waals surface area contributed by atoms with Crippen molar-refractivity contribution in [2.45, 2.75) is 64.7 Å². The Bertz CT molecular complexity index is 934. The van der Waals surface area contributed by atoms with Crippen LogP contribution in [0, 0.1) is 0 Å². The van der Waals surface area contributed by atoms with Crippen molar-refractivity contribution in [3.63, 3.8) is 0 Å². The Morgan fingerprint density at radius 2 is 1.52 bits per heavy atom. The van der Waals surface area contributed by atoms with Crippen LogP contribution >= 0.6 is 0 Å². The van der Waals surface area contributed by atoms with Gasteiger partial charge in [-0.2, -0.15) is 0 Å². The highest BCUT2D eigenvalue weighted by atomic mass is 32.2. The molecular weight excluding hydrogens is 410 g/mol. The lowest BCUT2D eigenvalue weighted by Gasteiger charge is -2.29. The zero-order valence-corrected chi connectivity index (χ0v) is 20.0. The van der Waals surface area contributed by atoms with Crippen LogP contribution in [0.25, 0.3) is 0 Å². The maximum absolute atomic E-state index is 12.2. The number of sulfonamides is 1. The van der Waals surface area contributed by atoms with Gasteiger partial charge in [0.05, 0.1) is 4.75 Å². The van der Waals surface area contributed by atoms with Gasteiger partial charge in [-0.05, 0) is 83.9 Å². The van der Waals surface area contributed by atoms with Crippen LogP contribution in [0.1, 0.15) is 53.9 Å². The second-order valence-corrected chi connectivity index (χ2v) is 11.4. The van der Waals surface area contributed by atoms with Gasteiger partial charge in [0.15, 0.2) is 0 Å². The Hall–Kier alpha value is -2.38. The van der Waals surface area contributed by atoms with E-state index in [0.29, 0.717) is 31.8 Å². The summed E-state index contributed by atoms with van der Waals surface area (Å²) >= 11 is 0. The zero-order chi connectivity index (χ0) is 23.1. The van der Waals surface area contributed by atoms with Crippen LogP contribution in [0.5, 0.6) is 0 Å². The highest BCUT2D eigenvalue weighted by Crippen LogP contribution is 2.28. The molecule has 31 heavy (non-hydrogen) atoms. The summed E-state index contributed by atoms with van der Waals surface area (Å²) in [5.74, 6) is -0.0739. The number of hydrogen-bond acceptors (Lipinski definition) is 4. The van der Waals surface area contributed by atoms with Crippen LogP contribution in [0.3, 0.4) is 0 Å². The normalized spacial score (nSPS) is 12.1. The van der Waals surface area contributed by atoms with Crippen LogP contribution in [0.15, 0.2) is 54.6 Å². The number of nitrogens with one attached hydrogen (secondary N) is 2. The molecule has 0 radical (unpaired) electrons. The van der Waals surface area contributed by atoms with E-state index < -0.39 is 14.8 Å². The van der Waals surface area contributed by atoms with Gasteiger partial charge >= 0.3 is 0 Å². The predicted molar refractivity (Wildman–Crippen MR) is 129 cm³/mol. The summed E-state index contributed by atoms with van der Waals surface area (Å²) in [4.78, 5) is 14.5. The van der Waals surface area contributed by atoms with Gasteiger partial charge in [0.2, 0.25) is 15.9 Å². The Balaban J connectivity index is 1.84. The van der Waals surface area contributed by atoms with Crippen molar-refractivity contribution in [3.8, 4) is 0 Å². The molecule has 2 aromatic rings. The quantitative estimate of drug-likeness (QED) is 0.501. The van der Waals surface area contributed by atoms with Gasteiger partial charge in [-0.25, -0.2) is 13.1 Å². The van der Waals surface area contributed by atoms with E-state index >= 15 is 0 Å². The number of amides is 1. The fourth-order valence-corrected chi connectivity index (χ4v) is 3.94. The zero-order valence-electron chi connectivity index (χ0n) is 19.2. The van der Waals surface area contributed by atoms with E-state index in [-0.39, 0.29) is 5.91 Å². The van der Waals surface area contributed by atoms with Gasteiger partial charge < -0.3 is 10.2 Å². The summed E-state index contributed by atoms with van der Waals surface area (Å²) in [6, 6.07) is 18.3. The maximum atomic E-state index is 12.2. The van der Waals surface area contributed by atoms with Crippen LogP contribution in [-0.4, -0.2) is 31.7 Å². The third-order valence-corrected chi connectivity index (χ3v) is 7.11. The fraction of sp³-hybridized carbons (Fsp3) is 0.458. The fourth-order valence-electron chi connectivity index (χ4n) is 3.10. The van der Waals surface area contributed by atoms with Crippen LogP contribution in [-0.2, 0) is 14.8 Å².